The number of hydrogen-bond acceptors (Lipinski definition) is 9. The molecule has 0 aliphatic heterocycles. The van der Waals surface area contributed by atoms with E-state index in [1.807, 2.05) is 6.08 Å². The number of carbonyl (C=O) groups excluding carboxylic acids is 2. The molecular weight excluding hydrogens is 476 g/mol. The molecule has 0 bridgehead atoms. The Labute approximate surface area is 208 Å². The number of fused-ring (bicyclic) bond motifs is 5. The van der Waals surface area contributed by atoms with E-state index in [2.05, 4.69) is 18.7 Å². The van der Waals surface area contributed by atoms with Gasteiger partial charge in [0.05, 0.1) is 6.61 Å². The lowest BCUT2D eigenvalue weighted by atomic mass is 9.46. The van der Waals surface area contributed by atoms with Gasteiger partial charge in [0.15, 0.2) is 10.9 Å². The van der Waals surface area contributed by atoms with Crippen LogP contribution in [0.5, 0.6) is 0 Å². The minimum absolute atomic E-state index is 0.0107. The molecule has 7 atom stereocenters. The number of carbonyl (C=O) groups is 2. The summed E-state index contributed by atoms with van der Waals surface area (Å²) in [6, 6.07) is 0. The van der Waals surface area contributed by atoms with Crippen LogP contribution < -0.4 is 0 Å². The van der Waals surface area contributed by atoms with E-state index in [9.17, 15) is 29.8 Å². The summed E-state index contributed by atoms with van der Waals surface area (Å²) in [6.45, 7) is 5.77. The molecule has 0 spiro atoms. The topological polar surface area (TPSA) is 139 Å². The molecule has 0 amide bonds. The molecule has 0 heterocycles. The molecule has 0 radical (unpaired) electrons. The lowest BCUT2D eigenvalue weighted by molar-refractivity contribution is -0.787. The molecule has 4 aliphatic carbocycles. The van der Waals surface area contributed by atoms with Gasteiger partial charge in [0.25, 0.3) is 10.2 Å². The molecule has 3 fully saturated rings. The quantitative estimate of drug-likeness (QED) is 0.258. The average Bonchev–Trinajstić information content (AvgIpc) is 3.03. The third kappa shape index (κ3) is 4.44. The van der Waals surface area contributed by atoms with Crippen molar-refractivity contribution in [2.45, 2.75) is 89.4 Å². The first-order chi connectivity index (χ1) is 16.4. The molecule has 4 rings (SSSR count). The maximum absolute atomic E-state index is 12.3. The largest absolute Gasteiger partial charge is 0.314 e. The van der Waals surface area contributed by atoms with Gasteiger partial charge in [-0.15, -0.1) is 20.2 Å². The molecule has 0 aromatic heterocycles. The Morgan fingerprint density at radius 1 is 1.14 bits per heavy atom. The summed E-state index contributed by atoms with van der Waals surface area (Å²) in [4.78, 5) is 56.7. The predicted octanol–water partition coefficient (Wildman–Crippen LogP) is 4.71. The molecule has 10 nitrogen and oxygen atoms in total. The van der Waals surface area contributed by atoms with Gasteiger partial charge in [-0.25, -0.2) is 0 Å². The number of nitrogens with zero attached hydrogens (tertiary/aromatic N) is 2. The van der Waals surface area contributed by atoms with Crippen LogP contribution in [0.2, 0.25) is 0 Å². The zero-order valence-corrected chi connectivity index (χ0v) is 21.3. The van der Waals surface area contributed by atoms with E-state index in [1.165, 1.54) is 11.8 Å². The average molecular weight is 511 g/mol. The molecule has 0 unspecified atom stereocenters. The Morgan fingerprint density at radius 3 is 2.51 bits per heavy atom. The van der Waals surface area contributed by atoms with Crippen molar-refractivity contribution in [1.82, 2.24) is 0 Å². The van der Waals surface area contributed by atoms with Crippen molar-refractivity contribution in [2.24, 2.45) is 28.6 Å². The molecule has 4 aliphatic rings. The Hall–Kier alpha value is -2.17. The Balaban J connectivity index is 1.69. The van der Waals surface area contributed by atoms with Crippen molar-refractivity contribution in [1.29, 1.82) is 0 Å². The van der Waals surface area contributed by atoms with E-state index in [1.54, 1.807) is 6.92 Å². The van der Waals surface area contributed by atoms with Crippen LogP contribution in [-0.4, -0.2) is 38.5 Å². The van der Waals surface area contributed by atoms with Crippen LogP contribution in [0.4, 0.5) is 0 Å². The van der Waals surface area contributed by atoms with E-state index in [4.69, 9.17) is 4.84 Å². The number of hydrogen-bond donors (Lipinski definition) is 0. The van der Waals surface area contributed by atoms with Crippen molar-refractivity contribution in [2.75, 3.05) is 6.61 Å². The zero-order chi connectivity index (χ0) is 25.6. The summed E-state index contributed by atoms with van der Waals surface area (Å²) in [5.74, 6) is 0.727. The maximum Gasteiger partial charge on any atom is 0.295 e. The zero-order valence-electron chi connectivity index (χ0n) is 20.5. The lowest BCUT2D eigenvalue weighted by Crippen LogP contribution is -2.58. The van der Waals surface area contributed by atoms with Crippen LogP contribution in [0.3, 0.4) is 0 Å². The van der Waals surface area contributed by atoms with Crippen LogP contribution >= 0.6 is 11.8 Å². The Bertz CT molecular complexity index is 956. The number of allylic oxidation sites excluding steroid dienone is 1. The van der Waals surface area contributed by atoms with E-state index >= 15 is 0 Å². The second kappa shape index (κ2) is 9.37. The summed E-state index contributed by atoms with van der Waals surface area (Å²) in [5, 5.41) is 20.7. The van der Waals surface area contributed by atoms with Gasteiger partial charge in [0.2, 0.25) is 0 Å². The molecule has 194 valence electrons. The highest BCUT2D eigenvalue weighted by atomic mass is 32.2. The number of rotatable bonds is 8. The van der Waals surface area contributed by atoms with Gasteiger partial charge >= 0.3 is 0 Å². The first-order valence-corrected chi connectivity index (χ1v) is 13.3. The summed E-state index contributed by atoms with van der Waals surface area (Å²) >= 11 is 1.34. The maximum atomic E-state index is 12.3. The van der Waals surface area contributed by atoms with Crippen LogP contribution in [-0.2, 0) is 19.3 Å². The van der Waals surface area contributed by atoms with Crippen molar-refractivity contribution >= 4 is 22.7 Å². The fraction of sp³-hybridized carbons (Fsp3) is 0.833. The number of thioether (sulfide) groups is 1. The summed E-state index contributed by atoms with van der Waals surface area (Å²) in [6.07, 6.45) is 7.20. The van der Waals surface area contributed by atoms with Gasteiger partial charge in [0.1, 0.15) is 5.60 Å². The molecule has 0 aromatic carbocycles. The molecular formula is C24H34N2O8S. The van der Waals surface area contributed by atoms with E-state index in [-0.39, 0.29) is 52.3 Å². The number of ketones is 1. The van der Waals surface area contributed by atoms with Crippen molar-refractivity contribution < 1.29 is 29.4 Å². The van der Waals surface area contributed by atoms with Crippen LogP contribution in [0.15, 0.2) is 11.6 Å². The van der Waals surface area contributed by atoms with Gasteiger partial charge in [-0.05, 0) is 80.6 Å². The van der Waals surface area contributed by atoms with Gasteiger partial charge in [-0.2, -0.15) is 0 Å². The Kier molecular flexibility index (Phi) is 6.93. The van der Waals surface area contributed by atoms with Gasteiger partial charge in [0, 0.05) is 24.0 Å². The monoisotopic (exact) mass is 510 g/mol. The predicted molar refractivity (Wildman–Crippen MR) is 127 cm³/mol. The van der Waals surface area contributed by atoms with Crippen molar-refractivity contribution in [3.05, 3.63) is 31.9 Å². The lowest BCUT2D eigenvalue weighted by Gasteiger charge is -2.61. The van der Waals surface area contributed by atoms with Crippen LogP contribution in [0.1, 0.15) is 78.6 Å². The molecule has 11 heteroatoms. The first kappa shape index (κ1) is 25.9. The van der Waals surface area contributed by atoms with Gasteiger partial charge < -0.3 is 9.68 Å². The second-order valence-electron chi connectivity index (χ2n) is 11.2. The van der Waals surface area contributed by atoms with Gasteiger partial charge in [-0.3, -0.25) is 9.59 Å². The third-order valence-corrected chi connectivity index (χ3v) is 10.9. The van der Waals surface area contributed by atoms with Crippen LogP contribution in [0, 0.1) is 48.8 Å². The second-order valence-corrected chi connectivity index (χ2v) is 12.6. The molecule has 35 heavy (non-hydrogen) atoms. The standard InChI is InChI=1S/C24H34N2O8S/c1-15(27)35-20-14-16-13-17(28)5-9-22(16,2)18-6-10-23(3)19(21(18)20)7-11-24(23,34-26(31)32)8-4-12-33-25(29)30/h13,18-21H,4-12,14H2,1-3H3/t18-,19-,20+,21+,22-,23-,24-/m0/s1. The molecule has 0 saturated heterocycles. The fourth-order valence-corrected chi connectivity index (χ4v) is 9.40. The van der Waals surface area contributed by atoms with Crippen molar-refractivity contribution in [3.8, 4) is 0 Å². The van der Waals surface area contributed by atoms with E-state index < -0.39 is 21.2 Å². The summed E-state index contributed by atoms with van der Waals surface area (Å²) in [7, 11) is 0. The highest BCUT2D eigenvalue weighted by Crippen LogP contribution is 2.70. The SMILES string of the molecule is CC(=O)S[C@@H]1CC2=CC(=O)CC[C@]2(C)[C@H]2CC[C@@]3(C)[C@@H](CC[C@]3(CCCO[N+](=O)[O-])O[N+](=O)[O-])[C@H]12. The molecule has 0 N–H and O–H groups in total. The van der Waals surface area contributed by atoms with E-state index in [0.29, 0.717) is 25.7 Å². The minimum atomic E-state index is -1.04. The fourth-order valence-electron chi connectivity index (χ4n) is 8.17. The molecule has 3 saturated carbocycles. The van der Waals surface area contributed by atoms with Crippen molar-refractivity contribution in [3.63, 3.8) is 0 Å². The summed E-state index contributed by atoms with van der Waals surface area (Å²) < 4.78 is 0. The first-order valence-electron chi connectivity index (χ1n) is 12.4. The third-order valence-electron chi connectivity index (χ3n) is 9.74. The normalized spacial score (nSPS) is 40.1. The minimum Gasteiger partial charge on any atom is -0.314 e. The highest BCUT2D eigenvalue weighted by molar-refractivity contribution is 8.14. The molecule has 0 aromatic rings. The summed E-state index contributed by atoms with van der Waals surface area (Å²) in [5.41, 5.74) is -0.507. The highest BCUT2D eigenvalue weighted by Gasteiger charge is 2.67. The van der Waals surface area contributed by atoms with Crippen LogP contribution in [0.25, 0.3) is 0 Å². The van der Waals surface area contributed by atoms with E-state index in [0.717, 1.165) is 31.3 Å². The smallest absolute Gasteiger partial charge is 0.295 e. The Morgan fingerprint density at radius 2 is 1.86 bits per heavy atom. The van der Waals surface area contributed by atoms with Gasteiger partial charge in [-0.1, -0.05) is 31.2 Å².